The lowest BCUT2D eigenvalue weighted by molar-refractivity contribution is 0.145. The number of aliphatic hydroxyl groups is 1. The third kappa shape index (κ3) is 4.64. The Balaban J connectivity index is 1.61. The van der Waals surface area contributed by atoms with Gasteiger partial charge in [0, 0.05) is 37.5 Å². The van der Waals surface area contributed by atoms with Crippen LogP contribution in [0.15, 0.2) is 29.3 Å². The lowest BCUT2D eigenvalue weighted by Gasteiger charge is -2.25. The van der Waals surface area contributed by atoms with Gasteiger partial charge >= 0.3 is 0 Å². The quantitative estimate of drug-likeness (QED) is 0.826. The third-order valence-electron chi connectivity index (χ3n) is 4.47. The highest BCUT2D eigenvalue weighted by Crippen LogP contribution is 2.22. The van der Waals surface area contributed by atoms with Gasteiger partial charge in [-0.1, -0.05) is 13.0 Å². The van der Waals surface area contributed by atoms with E-state index >= 15 is 0 Å². The molecule has 0 fully saturated rings. The number of aliphatic hydroxyl groups excluding tert-OH is 1. The highest BCUT2D eigenvalue weighted by Gasteiger charge is 2.15. The van der Waals surface area contributed by atoms with Crippen LogP contribution in [0, 0.1) is 6.92 Å². The van der Waals surface area contributed by atoms with Gasteiger partial charge < -0.3 is 10.1 Å². The van der Waals surface area contributed by atoms with Gasteiger partial charge in [0.25, 0.3) is 5.56 Å². The minimum atomic E-state index is -0.353. The fourth-order valence-corrected chi connectivity index (χ4v) is 3.04. The average Bonchev–Trinajstić information content (AvgIpc) is 3.03. The summed E-state index contributed by atoms with van der Waals surface area (Å²) in [4.78, 5) is 20.9. The zero-order chi connectivity index (χ0) is 17.8. The molecule has 2 aromatic rings. The van der Waals surface area contributed by atoms with E-state index in [4.69, 9.17) is 0 Å². The van der Waals surface area contributed by atoms with Crippen LogP contribution in [0.25, 0.3) is 5.57 Å². The summed E-state index contributed by atoms with van der Waals surface area (Å²) in [5.74, 6) is 0.650. The predicted octanol–water partition coefficient (Wildman–Crippen LogP) is 1.34. The molecule has 25 heavy (non-hydrogen) atoms. The number of aromatic nitrogens is 4. The van der Waals surface area contributed by atoms with Crippen LogP contribution in [0.3, 0.4) is 0 Å². The summed E-state index contributed by atoms with van der Waals surface area (Å²) in [7, 11) is 0. The van der Waals surface area contributed by atoms with Gasteiger partial charge in [-0.15, -0.1) is 0 Å². The van der Waals surface area contributed by atoms with Crippen LogP contribution in [0.2, 0.25) is 0 Å². The molecule has 1 aliphatic heterocycles. The van der Waals surface area contributed by atoms with E-state index < -0.39 is 0 Å². The van der Waals surface area contributed by atoms with Crippen molar-refractivity contribution in [2.24, 2.45) is 0 Å². The number of rotatable bonds is 6. The van der Waals surface area contributed by atoms with Gasteiger partial charge in [-0.2, -0.15) is 5.10 Å². The van der Waals surface area contributed by atoms with Gasteiger partial charge in [-0.05, 0) is 25.3 Å². The topological polar surface area (TPSA) is 87.0 Å². The Labute approximate surface area is 147 Å². The Morgan fingerprint density at radius 3 is 2.96 bits per heavy atom. The van der Waals surface area contributed by atoms with Crippen molar-refractivity contribution in [3.05, 3.63) is 52.0 Å². The molecule has 134 valence electrons. The number of aromatic amines is 1. The summed E-state index contributed by atoms with van der Waals surface area (Å²) >= 11 is 0. The Hall–Kier alpha value is -2.25. The molecule has 7 heteroatoms. The molecule has 0 saturated heterocycles. The molecule has 0 aromatic carbocycles. The van der Waals surface area contributed by atoms with Crippen LogP contribution < -0.4 is 5.56 Å². The fraction of sp³-hybridized carbons (Fsp3) is 0.500. The molecule has 1 aliphatic rings. The van der Waals surface area contributed by atoms with E-state index in [1.54, 1.807) is 17.7 Å². The summed E-state index contributed by atoms with van der Waals surface area (Å²) < 4.78 is 1.81. The van der Waals surface area contributed by atoms with Crippen LogP contribution in [-0.2, 0) is 13.1 Å². The Morgan fingerprint density at radius 2 is 2.28 bits per heavy atom. The van der Waals surface area contributed by atoms with Crippen molar-refractivity contribution in [1.82, 2.24) is 24.6 Å². The van der Waals surface area contributed by atoms with Gasteiger partial charge in [-0.25, -0.2) is 4.98 Å². The van der Waals surface area contributed by atoms with Crippen molar-refractivity contribution in [1.29, 1.82) is 0 Å². The molecule has 0 aliphatic carbocycles. The number of nitrogens with zero attached hydrogens (tertiary/aromatic N) is 4. The third-order valence-corrected chi connectivity index (χ3v) is 4.47. The summed E-state index contributed by atoms with van der Waals surface area (Å²) in [5.41, 5.74) is 3.11. The lowest BCUT2D eigenvalue weighted by Crippen LogP contribution is -2.29. The number of hydrogen-bond acceptors (Lipinski definition) is 5. The molecule has 3 heterocycles. The Kier molecular flexibility index (Phi) is 5.45. The first kappa shape index (κ1) is 17.6. The molecule has 7 nitrogen and oxygen atoms in total. The second-order valence-electron chi connectivity index (χ2n) is 6.55. The summed E-state index contributed by atoms with van der Waals surface area (Å²) in [5, 5.41) is 14.1. The van der Waals surface area contributed by atoms with E-state index in [9.17, 15) is 9.90 Å². The molecule has 0 bridgehead atoms. The summed E-state index contributed by atoms with van der Waals surface area (Å²) in [6, 6.07) is 1.56. The maximum Gasteiger partial charge on any atom is 0.251 e. The van der Waals surface area contributed by atoms with E-state index in [1.807, 2.05) is 19.3 Å². The molecule has 0 unspecified atom stereocenters. The largest absolute Gasteiger partial charge is 0.391 e. The predicted molar refractivity (Wildman–Crippen MR) is 96.0 cm³/mol. The second kappa shape index (κ2) is 7.76. The smallest absolute Gasteiger partial charge is 0.251 e. The molecule has 3 rings (SSSR count). The fourth-order valence-electron chi connectivity index (χ4n) is 3.04. The number of aryl methyl sites for hydroxylation is 1. The standard InChI is InChI=1S/C18H25N5O2/c1-3-17(24)12-23-10-15(9-19-23)14-4-6-22(7-5-14)11-16-8-18(25)21-13(2)20-16/h4,8-10,17,24H,3,5-7,11-12H2,1-2H3,(H,20,21,25)/t17-/m1/s1. The van der Waals surface area contributed by atoms with E-state index in [-0.39, 0.29) is 11.7 Å². The van der Waals surface area contributed by atoms with E-state index in [1.165, 1.54) is 5.57 Å². The van der Waals surface area contributed by atoms with Gasteiger partial charge in [0.2, 0.25) is 0 Å². The first-order valence-electron chi connectivity index (χ1n) is 8.72. The zero-order valence-electron chi connectivity index (χ0n) is 14.8. The van der Waals surface area contributed by atoms with Gasteiger partial charge in [0.1, 0.15) is 5.82 Å². The van der Waals surface area contributed by atoms with Crippen LogP contribution in [0.5, 0.6) is 0 Å². The lowest BCUT2D eigenvalue weighted by atomic mass is 10.0. The second-order valence-corrected chi connectivity index (χ2v) is 6.55. The molecular formula is C18H25N5O2. The van der Waals surface area contributed by atoms with Crippen LogP contribution >= 0.6 is 0 Å². The highest BCUT2D eigenvalue weighted by molar-refractivity contribution is 5.65. The normalized spacial score (nSPS) is 16.7. The number of nitrogens with one attached hydrogen (secondary N) is 1. The van der Waals surface area contributed by atoms with Crippen LogP contribution in [-0.4, -0.2) is 48.9 Å². The Bertz CT molecular complexity index is 808. The minimum Gasteiger partial charge on any atom is -0.391 e. The molecule has 2 aromatic heterocycles. The molecule has 2 N–H and O–H groups in total. The summed E-state index contributed by atoms with van der Waals surface area (Å²) in [6.45, 7) is 6.71. The highest BCUT2D eigenvalue weighted by atomic mass is 16.3. The summed E-state index contributed by atoms with van der Waals surface area (Å²) in [6.07, 6.45) is 7.38. The number of H-pyrrole nitrogens is 1. The van der Waals surface area contributed by atoms with Crippen molar-refractivity contribution in [2.45, 2.75) is 45.9 Å². The maximum atomic E-state index is 11.5. The average molecular weight is 343 g/mol. The van der Waals surface area contributed by atoms with Crippen molar-refractivity contribution in [3.8, 4) is 0 Å². The molecule has 0 saturated carbocycles. The molecule has 0 radical (unpaired) electrons. The molecule has 0 spiro atoms. The van der Waals surface area contributed by atoms with Crippen LogP contribution in [0.4, 0.5) is 0 Å². The molecule has 1 atom stereocenters. The zero-order valence-corrected chi connectivity index (χ0v) is 14.8. The maximum absolute atomic E-state index is 11.5. The first-order valence-corrected chi connectivity index (χ1v) is 8.72. The van der Waals surface area contributed by atoms with E-state index in [2.05, 4.69) is 26.0 Å². The number of hydrogen-bond donors (Lipinski definition) is 2. The monoisotopic (exact) mass is 343 g/mol. The van der Waals surface area contributed by atoms with E-state index in [0.29, 0.717) is 18.9 Å². The van der Waals surface area contributed by atoms with Crippen molar-refractivity contribution in [3.63, 3.8) is 0 Å². The molecule has 0 amide bonds. The minimum absolute atomic E-state index is 0.0996. The van der Waals surface area contributed by atoms with Crippen molar-refractivity contribution in [2.75, 3.05) is 13.1 Å². The molecular weight excluding hydrogens is 318 g/mol. The van der Waals surface area contributed by atoms with Gasteiger partial charge in [-0.3, -0.25) is 14.4 Å². The van der Waals surface area contributed by atoms with Crippen LogP contribution in [0.1, 0.15) is 36.8 Å². The van der Waals surface area contributed by atoms with Gasteiger partial charge in [0.15, 0.2) is 0 Å². The SMILES string of the molecule is CC[C@@H](O)Cn1cc(C2=CCN(Cc3cc(=O)[nH]c(C)n3)CC2)cn1. The van der Waals surface area contributed by atoms with Crippen molar-refractivity contribution >= 4 is 5.57 Å². The first-order chi connectivity index (χ1) is 12.0. The Morgan fingerprint density at radius 1 is 1.44 bits per heavy atom. The van der Waals surface area contributed by atoms with Gasteiger partial charge in [0.05, 0.1) is 24.5 Å². The van der Waals surface area contributed by atoms with E-state index in [0.717, 1.165) is 37.2 Å². The van der Waals surface area contributed by atoms with Crippen molar-refractivity contribution < 1.29 is 5.11 Å².